The molecule has 0 spiro atoms. The molecule has 0 aliphatic heterocycles. The van der Waals surface area contributed by atoms with Gasteiger partial charge in [0.05, 0.1) is 12.0 Å². The minimum atomic E-state index is -3.60. The zero-order valence-corrected chi connectivity index (χ0v) is 11.3. The third-order valence-electron chi connectivity index (χ3n) is 2.61. The molecule has 7 heteroatoms. The van der Waals surface area contributed by atoms with E-state index in [1.807, 2.05) is 4.57 Å². The summed E-state index contributed by atoms with van der Waals surface area (Å²) in [4.78, 5) is 4.01. The summed E-state index contributed by atoms with van der Waals surface area (Å²) in [5, 5.41) is 0. The number of rotatable bonds is 5. The highest BCUT2D eigenvalue weighted by atomic mass is 32.2. The standard InChI is InChI=1S/C12H16N4O2S/c1-10(8-16-7-6-14-9-16)15-19(17,18)12-5-3-2-4-11(12)13/h2-7,9-10,15H,8,13H2,1H3. The van der Waals surface area contributed by atoms with Crippen LogP contribution in [-0.4, -0.2) is 24.0 Å². The first-order valence-corrected chi connectivity index (χ1v) is 7.30. The van der Waals surface area contributed by atoms with Crippen molar-refractivity contribution in [1.29, 1.82) is 0 Å². The van der Waals surface area contributed by atoms with Crippen LogP contribution < -0.4 is 10.5 Å². The first-order valence-electron chi connectivity index (χ1n) is 5.81. The van der Waals surface area contributed by atoms with Gasteiger partial charge in [0.2, 0.25) is 10.0 Å². The Morgan fingerprint density at radius 2 is 2.16 bits per heavy atom. The highest BCUT2D eigenvalue weighted by molar-refractivity contribution is 7.89. The number of nitrogens with two attached hydrogens (primary N) is 1. The van der Waals surface area contributed by atoms with Crippen LogP contribution >= 0.6 is 0 Å². The van der Waals surface area contributed by atoms with E-state index in [1.165, 1.54) is 6.07 Å². The largest absolute Gasteiger partial charge is 0.398 e. The fraction of sp³-hybridized carbons (Fsp3) is 0.250. The van der Waals surface area contributed by atoms with Crippen LogP contribution in [0.2, 0.25) is 0 Å². The lowest BCUT2D eigenvalue weighted by Gasteiger charge is -2.15. The molecule has 0 aliphatic rings. The van der Waals surface area contributed by atoms with Crippen LogP contribution in [0.5, 0.6) is 0 Å². The van der Waals surface area contributed by atoms with Gasteiger partial charge in [-0.25, -0.2) is 18.1 Å². The Bertz CT molecular complexity index is 638. The van der Waals surface area contributed by atoms with E-state index in [1.54, 1.807) is 43.8 Å². The zero-order valence-electron chi connectivity index (χ0n) is 10.5. The van der Waals surface area contributed by atoms with Crippen molar-refractivity contribution < 1.29 is 8.42 Å². The van der Waals surface area contributed by atoms with Gasteiger partial charge in [-0.15, -0.1) is 0 Å². The Morgan fingerprint density at radius 3 is 2.79 bits per heavy atom. The van der Waals surface area contributed by atoms with Gasteiger partial charge in [-0.3, -0.25) is 0 Å². The van der Waals surface area contributed by atoms with Crippen molar-refractivity contribution in [3.63, 3.8) is 0 Å². The van der Waals surface area contributed by atoms with Crippen LogP contribution in [-0.2, 0) is 16.6 Å². The average molecular weight is 280 g/mol. The van der Waals surface area contributed by atoms with Gasteiger partial charge in [0.15, 0.2) is 0 Å². The molecule has 0 bridgehead atoms. The van der Waals surface area contributed by atoms with Crippen LogP contribution in [0.25, 0.3) is 0 Å². The van der Waals surface area contributed by atoms with E-state index in [-0.39, 0.29) is 16.6 Å². The van der Waals surface area contributed by atoms with E-state index in [2.05, 4.69) is 9.71 Å². The number of hydrogen-bond donors (Lipinski definition) is 2. The van der Waals surface area contributed by atoms with Crippen LogP contribution in [0, 0.1) is 0 Å². The van der Waals surface area contributed by atoms with E-state index in [9.17, 15) is 8.42 Å². The van der Waals surface area contributed by atoms with Gasteiger partial charge in [0.1, 0.15) is 4.90 Å². The lowest BCUT2D eigenvalue weighted by Crippen LogP contribution is -2.35. The van der Waals surface area contributed by atoms with Crippen molar-refractivity contribution in [3.05, 3.63) is 43.0 Å². The zero-order chi connectivity index (χ0) is 13.9. The molecule has 0 amide bonds. The summed E-state index contributed by atoms with van der Waals surface area (Å²) in [6.45, 7) is 2.29. The van der Waals surface area contributed by atoms with Gasteiger partial charge < -0.3 is 10.3 Å². The van der Waals surface area contributed by atoms with Gasteiger partial charge in [-0.2, -0.15) is 0 Å². The van der Waals surface area contributed by atoms with Crippen LogP contribution in [0.1, 0.15) is 6.92 Å². The lowest BCUT2D eigenvalue weighted by molar-refractivity contribution is 0.520. The van der Waals surface area contributed by atoms with Gasteiger partial charge in [0.25, 0.3) is 0 Å². The predicted octanol–water partition coefficient (Wildman–Crippen LogP) is 0.832. The molecule has 1 aromatic carbocycles. The number of benzene rings is 1. The number of hydrogen-bond acceptors (Lipinski definition) is 4. The number of nitrogens with one attached hydrogen (secondary N) is 1. The number of sulfonamides is 1. The van der Waals surface area contributed by atoms with E-state index in [4.69, 9.17) is 5.73 Å². The van der Waals surface area contributed by atoms with Gasteiger partial charge in [-0.1, -0.05) is 12.1 Å². The van der Waals surface area contributed by atoms with Crippen molar-refractivity contribution in [2.45, 2.75) is 24.4 Å². The second-order valence-electron chi connectivity index (χ2n) is 4.32. The Hall–Kier alpha value is -1.86. The van der Waals surface area contributed by atoms with E-state index < -0.39 is 10.0 Å². The number of nitrogens with zero attached hydrogens (tertiary/aromatic N) is 2. The lowest BCUT2D eigenvalue weighted by atomic mass is 10.3. The summed E-state index contributed by atoms with van der Waals surface area (Å²) in [6.07, 6.45) is 5.07. The molecule has 0 aliphatic carbocycles. The van der Waals surface area contributed by atoms with E-state index >= 15 is 0 Å². The van der Waals surface area contributed by atoms with Gasteiger partial charge in [-0.05, 0) is 19.1 Å². The second kappa shape index (κ2) is 5.41. The van der Waals surface area contributed by atoms with Crippen LogP contribution in [0.15, 0.2) is 47.9 Å². The Labute approximate surface area is 112 Å². The molecule has 2 aromatic rings. The fourth-order valence-corrected chi connectivity index (χ4v) is 3.17. The predicted molar refractivity (Wildman–Crippen MR) is 72.9 cm³/mol. The molecule has 1 heterocycles. The Kier molecular flexibility index (Phi) is 3.87. The number of imidazole rings is 1. The highest BCUT2D eigenvalue weighted by Crippen LogP contribution is 2.17. The molecule has 102 valence electrons. The Balaban J connectivity index is 2.11. The molecule has 1 unspecified atom stereocenters. The molecular weight excluding hydrogens is 264 g/mol. The topological polar surface area (TPSA) is 90.0 Å². The summed E-state index contributed by atoms with van der Waals surface area (Å²) in [5.41, 5.74) is 5.92. The first kappa shape index (κ1) is 13.6. The number of para-hydroxylation sites is 1. The molecule has 2 rings (SSSR count). The van der Waals surface area contributed by atoms with Crippen LogP contribution in [0.4, 0.5) is 5.69 Å². The molecule has 1 atom stereocenters. The molecule has 0 saturated heterocycles. The smallest absolute Gasteiger partial charge is 0.242 e. The van der Waals surface area contributed by atoms with Crippen molar-refractivity contribution in [2.24, 2.45) is 0 Å². The van der Waals surface area contributed by atoms with Gasteiger partial charge in [0, 0.05) is 25.0 Å². The summed E-state index contributed by atoms with van der Waals surface area (Å²) < 4.78 is 28.8. The maximum absolute atomic E-state index is 12.2. The molecule has 3 N–H and O–H groups in total. The van der Waals surface area contributed by atoms with Crippen molar-refractivity contribution in [2.75, 3.05) is 5.73 Å². The summed E-state index contributed by atoms with van der Waals surface area (Å²) >= 11 is 0. The molecular formula is C12H16N4O2S. The number of anilines is 1. The molecule has 19 heavy (non-hydrogen) atoms. The van der Waals surface area contributed by atoms with Crippen molar-refractivity contribution in [3.8, 4) is 0 Å². The van der Waals surface area contributed by atoms with Crippen molar-refractivity contribution >= 4 is 15.7 Å². The third kappa shape index (κ3) is 3.33. The second-order valence-corrected chi connectivity index (χ2v) is 6.00. The maximum atomic E-state index is 12.2. The highest BCUT2D eigenvalue weighted by Gasteiger charge is 2.19. The number of nitrogen functional groups attached to an aromatic ring is 1. The van der Waals surface area contributed by atoms with E-state index in [0.29, 0.717) is 6.54 Å². The molecule has 1 aromatic heterocycles. The monoisotopic (exact) mass is 280 g/mol. The summed E-state index contributed by atoms with van der Waals surface area (Å²) in [5.74, 6) is 0. The van der Waals surface area contributed by atoms with E-state index in [0.717, 1.165) is 0 Å². The minimum absolute atomic E-state index is 0.104. The normalized spacial score (nSPS) is 13.3. The van der Waals surface area contributed by atoms with Crippen molar-refractivity contribution in [1.82, 2.24) is 14.3 Å². The third-order valence-corrected chi connectivity index (χ3v) is 4.27. The Morgan fingerprint density at radius 1 is 1.42 bits per heavy atom. The summed E-state index contributed by atoms with van der Waals surface area (Å²) in [6, 6.07) is 6.13. The first-order chi connectivity index (χ1) is 8.99. The van der Waals surface area contributed by atoms with Crippen LogP contribution in [0.3, 0.4) is 0 Å². The summed E-state index contributed by atoms with van der Waals surface area (Å²) in [7, 11) is -3.60. The fourth-order valence-electron chi connectivity index (χ4n) is 1.80. The molecule has 0 radical (unpaired) electrons. The van der Waals surface area contributed by atoms with Gasteiger partial charge >= 0.3 is 0 Å². The average Bonchev–Trinajstić information content (AvgIpc) is 2.81. The quantitative estimate of drug-likeness (QED) is 0.794. The SMILES string of the molecule is CC(Cn1ccnc1)NS(=O)(=O)c1ccccc1N. The number of aromatic nitrogens is 2. The maximum Gasteiger partial charge on any atom is 0.242 e. The molecule has 0 saturated carbocycles. The molecule has 6 nitrogen and oxygen atoms in total. The molecule has 0 fully saturated rings. The minimum Gasteiger partial charge on any atom is -0.398 e.